The molecule has 5 nitrogen and oxygen atoms in total. The summed E-state index contributed by atoms with van der Waals surface area (Å²) in [5.41, 5.74) is 5.05. The SMILES string of the molecule is NC(=O)CN(CC(=O)O)Cc1sccc1Br. The number of aliphatic carboxylic acids is 1. The van der Waals surface area contributed by atoms with Crippen LogP contribution >= 0.6 is 27.3 Å². The second-order valence-electron chi connectivity index (χ2n) is 3.20. The van der Waals surface area contributed by atoms with Crippen molar-refractivity contribution in [1.82, 2.24) is 4.90 Å². The molecule has 88 valence electrons. The maximum atomic E-state index is 10.8. The van der Waals surface area contributed by atoms with Gasteiger partial charge >= 0.3 is 5.97 Å². The van der Waals surface area contributed by atoms with Crippen LogP contribution in [0.25, 0.3) is 0 Å². The first kappa shape index (κ1) is 13.1. The Labute approximate surface area is 105 Å². The van der Waals surface area contributed by atoms with Gasteiger partial charge in [0.1, 0.15) is 0 Å². The third-order valence-electron chi connectivity index (χ3n) is 1.80. The Morgan fingerprint density at radius 3 is 2.62 bits per heavy atom. The molecule has 7 heteroatoms. The van der Waals surface area contributed by atoms with E-state index in [0.717, 1.165) is 9.35 Å². The predicted molar refractivity (Wildman–Crippen MR) is 64.1 cm³/mol. The third kappa shape index (κ3) is 4.30. The molecule has 0 saturated heterocycles. The van der Waals surface area contributed by atoms with Gasteiger partial charge in [-0.1, -0.05) is 0 Å². The van der Waals surface area contributed by atoms with Crippen molar-refractivity contribution in [2.45, 2.75) is 6.54 Å². The molecular weight excluding hydrogens is 296 g/mol. The van der Waals surface area contributed by atoms with Crippen LogP contribution in [0.5, 0.6) is 0 Å². The highest BCUT2D eigenvalue weighted by molar-refractivity contribution is 9.10. The summed E-state index contributed by atoms with van der Waals surface area (Å²) in [4.78, 5) is 23.8. The topological polar surface area (TPSA) is 83.6 Å². The lowest BCUT2D eigenvalue weighted by Gasteiger charge is -2.17. The van der Waals surface area contributed by atoms with E-state index in [2.05, 4.69) is 15.9 Å². The highest BCUT2D eigenvalue weighted by atomic mass is 79.9. The fourth-order valence-electron chi connectivity index (χ4n) is 1.22. The van der Waals surface area contributed by atoms with Gasteiger partial charge in [-0.05, 0) is 27.4 Å². The van der Waals surface area contributed by atoms with Gasteiger partial charge < -0.3 is 10.8 Å². The van der Waals surface area contributed by atoms with Crippen LogP contribution in [0.4, 0.5) is 0 Å². The summed E-state index contributed by atoms with van der Waals surface area (Å²) < 4.78 is 0.914. The van der Waals surface area contributed by atoms with Crippen LogP contribution in [0.15, 0.2) is 15.9 Å². The summed E-state index contributed by atoms with van der Waals surface area (Å²) in [7, 11) is 0. The number of hydrogen-bond acceptors (Lipinski definition) is 4. The predicted octanol–water partition coefficient (Wildman–Crippen LogP) is 0.883. The van der Waals surface area contributed by atoms with Gasteiger partial charge in [0.05, 0.1) is 13.1 Å². The Bertz CT molecular complexity index is 378. The number of carboxylic acids is 1. The van der Waals surface area contributed by atoms with Crippen molar-refractivity contribution in [3.05, 3.63) is 20.8 Å². The van der Waals surface area contributed by atoms with Crippen molar-refractivity contribution in [3.63, 3.8) is 0 Å². The molecule has 3 N–H and O–H groups in total. The molecule has 0 radical (unpaired) electrons. The fraction of sp³-hybridized carbons (Fsp3) is 0.333. The van der Waals surface area contributed by atoms with E-state index in [4.69, 9.17) is 10.8 Å². The summed E-state index contributed by atoms with van der Waals surface area (Å²) in [5.74, 6) is -1.51. The molecular formula is C9H11BrN2O3S. The molecule has 0 unspecified atom stereocenters. The monoisotopic (exact) mass is 306 g/mol. The van der Waals surface area contributed by atoms with E-state index in [9.17, 15) is 9.59 Å². The van der Waals surface area contributed by atoms with Crippen LogP contribution < -0.4 is 5.73 Å². The minimum atomic E-state index is -0.978. The average molecular weight is 307 g/mol. The zero-order chi connectivity index (χ0) is 12.1. The van der Waals surface area contributed by atoms with Gasteiger partial charge in [-0.3, -0.25) is 14.5 Å². The summed E-state index contributed by atoms with van der Waals surface area (Å²) in [5, 5.41) is 10.6. The lowest BCUT2D eigenvalue weighted by atomic mass is 10.4. The zero-order valence-corrected chi connectivity index (χ0v) is 10.8. The lowest BCUT2D eigenvalue weighted by Crippen LogP contribution is -2.36. The molecule has 1 amide bonds. The molecule has 1 aromatic rings. The van der Waals surface area contributed by atoms with E-state index >= 15 is 0 Å². The number of halogens is 1. The van der Waals surface area contributed by atoms with E-state index in [0.29, 0.717) is 6.54 Å². The molecule has 0 spiro atoms. The Morgan fingerprint density at radius 1 is 1.50 bits per heavy atom. The number of thiophene rings is 1. The Kier molecular flexibility index (Phi) is 4.91. The highest BCUT2D eigenvalue weighted by Crippen LogP contribution is 2.23. The van der Waals surface area contributed by atoms with Crippen LogP contribution in [-0.2, 0) is 16.1 Å². The van der Waals surface area contributed by atoms with Crippen LogP contribution in [0, 0.1) is 0 Å². The number of rotatable bonds is 6. The van der Waals surface area contributed by atoms with Gasteiger partial charge in [-0.15, -0.1) is 11.3 Å². The van der Waals surface area contributed by atoms with Crippen LogP contribution in [-0.4, -0.2) is 35.0 Å². The van der Waals surface area contributed by atoms with Crippen molar-refractivity contribution in [3.8, 4) is 0 Å². The lowest BCUT2D eigenvalue weighted by molar-refractivity contribution is -0.138. The van der Waals surface area contributed by atoms with Crippen molar-refractivity contribution in [2.24, 2.45) is 5.73 Å². The first-order valence-electron chi connectivity index (χ1n) is 4.43. The molecule has 0 bridgehead atoms. The van der Waals surface area contributed by atoms with Crippen molar-refractivity contribution in [2.75, 3.05) is 13.1 Å². The van der Waals surface area contributed by atoms with Crippen LogP contribution in [0.2, 0.25) is 0 Å². The molecule has 0 fully saturated rings. The summed E-state index contributed by atoms with van der Waals surface area (Å²) in [6, 6.07) is 1.88. The quantitative estimate of drug-likeness (QED) is 0.817. The second kappa shape index (κ2) is 5.97. The van der Waals surface area contributed by atoms with Crippen LogP contribution in [0.3, 0.4) is 0 Å². The van der Waals surface area contributed by atoms with Gasteiger partial charge in [0.2, 0.25) is 5.91 Å². The smallest absolute Gasteiger partial charge is 0.317 e. The van der Waals surface area contributed by atoms with E-state index in [1.807, 2.05) is 11.4 Å². The Balaban J connectivity index is 2.66. The molecule has 0 aromatic carbocycles. The van der Waals surface area contributed by atoms with E-state index in [-0.39, 0.29) is 13.1 Å². The molecule has 0 saturated carbocycles. The van der Waals surface area contributed by atoms with Gasteiger partial charge in [-0.25, -0.2) is 0 Å². The molecule has 1 rings (SSSR count). The third-order valence-corrected chi connectivity index (χ3v) is 3.71. The van der Waals surface area contributed by atoms with E-state index < -0.39 is 11.9 Å². The fourth-order valence-corrected chi connectivity index (χ4v) is 2.74. The van der Waals surface area contributed by atoms with E-state index in [1.54, 1.807) is 0 Å². The number of carbonyl (C=O) groups is 2. The average Bonchev–Trinajstić information content (AvgIpc) is 2.49. The molecule has 0 atom stereocenters. The second-order valence-corrected chi connectivity index (χ2v) is 5.05. The first-order chi connectivity index (χ1) is 7.49. The maximum Gasteiger partial charge on any atom is 0.317 e. The van der Waals surface area contributed by atoms with Gasteiger partial charge in [0.25, 0.3) is 0 Å². The minimum Gasteiger partial charge on any atom is -0.480 e. The summed E-state index contributed by atoms with van der Waals surface area (Å²) in [6.45, 7) is 0.136. The molecule has 1 aromatic heterocycles. The molecule has 1 heterocycles. The summed E-state index contributed by atoms with van der Waals surface area (Å²) >= 11 is 4.85. The van der Waals surface area contributed by atoms with E-state index in [1.165, 1.54) is 16.2 Å². The largest absolute Gasteiger partial charge is 0.480 e. The Hall–Kier alpha value is -0.920. The molecule has 16 heavy (non-hydrogen) atoms. The van der Waals surface area contributed by atoms with Crippen molar-refractivity contribution in [1.29, 1.82) is 0 Å². The number of nitrogens with two attached hydrogens (primary N) is 1. The zero-order valence-electron chi connectivity index (χ0n) is 8.35. The summed E-state index contributed by atoms with van der Waals surface area (Å²) in [6.07, 6.45) is 0. The maximum absolute atomic E-state index is 10.8. The molecule has 0 aliphatic rings. The van der Waals surface area contributed by atoms with Gasteiger partial charge in [-0.2, -0.15) is 0 Å². The first-order valence-corrected chi connectivity index (χ1v) is 6.10. The number of carbonyl (C=O) groups excluding carboxylic acids is 1. The number of primary amides is 1. The number of carboxylic acid groups (broad SMARTS) is 1. The number of hydrogen-bond donors (Lipinski definition) is 2. The van der Waals surface area contributed by atoms with Crippen molar-refractivity contribution < 1.29 is 14.7 Å². The van der Waals surface area contributed by atoms with Crippen LogP contribution in [0.1, 0.15) is 4.88 Å². The molecule has 0 aliphatic carbocycles. The minimum absolute atomic E-state index is 0.0589. The van der Waals surface area contributed by atoms with Gasteiger partial charge in [0, 0.05) is 15.9 Å². The van der Waals surface area contributed by atoms with Gasteiger partial charge in [0.15, 0.2) is 0 Å². The molecule has 0 aliphatic heterocycles. The number of amides is 1. The normalized spacial score (nSPS) is 10.6. The van der Waals surface area contributed by atoms with Crippen molar-refractivity contribution >= 4 is 39.1 Å². The number of nitrogens with zero attached hydrogens (tertiary/aromatic N) is 1. The standard InChI is InChI=1S/C9H11BrN2O3S/c10-6-1-2-16-7(6)3-12(4-8(11)13)5-9(14)15/h1-2H,3-5H2,(H2,11,13)(H,14,15). The highest BCUT2D eigenvalue weighted by Gasteiger charge is 2.14. The Morgan fingerprint density at radius 2 is 2.19 bits per heavy atom.